The van der Waals surface area contributed by atoms with Crippen LogP contribution in [0.2, 0.25) is 10.0 Å². The van der Waals surface area contributed by atoms with Crippen LogP contribution in [0.3, 0.4) is 0 Å². The summed E-state index contributed by atoms with van der Waals surface area (Å²) in [6.45, 7) is 3.82. The zero-order valence-electron chi connectivity index (χ0n) is 11.1. The Morgan fingerprint density at radius 3 is 2.40 bits per heavy atom. The van der Waals surface area contributed by atoms with Crippen molar-refractivity contribution in [1.29, 1.82) is 5.26 Å². The van der Waals surface area contributed by atoms with E-state index in [1.54, 1.807) is 25.1 Å². The molecular weight excluding hydrogens is 295 g/mol. The third-order valence-corrected chi connectivity index (χ3v) is 3.90. The van der Waals surface area contributed by atoms with E-state index in [0.29, 0.717) is 21.2 Å². The molecule has 20 heavy (non-hydrogen) atoms. The summed E-state index contributed by atoms with van der Waals surface area (Å²) in [5, 5.41) is 10.1. The molecule has 1 aromatic heterocycles. The maximum absolute atomic E-state index is 12.3. The van der Waals surface area contributed by atoms with E-state index in [-0.39, 0.29) is 17.7 Å². The van der Waals surface area contributed by atoms with Gasteiger partial charge in [-0.05, 0) is 37.6 Å². The fraction of sp³-hybridized carbons (Fsp3) is 0.200. The Morgan fingerprint density at radius 1 is 1.25 bits per heavy atom. The van der Waals surface area contributed by atoms with Gasteiger partial charge >= 0.3 is 0 Å². The lowest BCUT2D eigenvalue weighted by Crippen LogP contribution is -2.26. The van der Waals surface area contributed by atoms with Crippen LogP contribution in [0.15, 0.2) is 29.1 Å². The second kappa shape index (κ2) is 5.70. The van der Waals surface area contributed by atoms with Gasteiger partial charge in [0.1, 0.15) is 11.6 Å². The first-order chi connectivity index (χ1) is 9.45. The topological polar surface area (TPSA) is 45.8 Å². The molecule has 5 heteroatoms. The molecule has 3 nitrogen and oxygen atoms in total. The van der Waals surface area contributed by atoms with Gasteiger partial charge in [-0.2, -0.15) is 5.26 Å². The van der Waals surface area contributed by atoms with Gasteiger partial charge in [-0.15, -0.1) is 0 Å². The van der Waals surface area contributed by atoms with Crippen LogP contribution in [0.4, 0.5) is 0 Å². The highest BCUT2D eigenvalue weighted by atomic mass is 35.5. The quantitative estimate of drug-likeness (QED) is 0.849. The van der Waals surface area contributed by atoms with Gasteiger partial charge in [-0.1, -0.05) is 29.3 Å². The molecule has 0 amide bonds. The smallest absolute Gasteiger partial charge is 0.269 e. The molecule has 0 atom stereocenters. The van der Waals surface area contributed by atoms with Crippen molar-refractivity contribution in [3.8, 4) is 6.07 Å². The molecule has 102 valence electrons. The van der Waals surface area contributed by atoms with Crippen molar-refractivity contribution in [3.05, 3.63) is 67.0 Å². The SMILES string of the molecule is Cc1cc(C)n(Cc2c(Cl)cccc2Cl)c(=O)c1C#N. The lowest BCUT2D eigenvalue weighted by molar-refractivity contribution is 0.725. The average Bonchev–Trinajstić information content (AvgIpc) is 2.37. The second-order valence-corrected chi connectivity index (χ2v) is 5.36. The van der Waals surface area contributed by atoms with Crippen LogP contribution in [-0.2, 0) is 6.54 Å². The summed E-state index contributed by atoms with van der Waals surface area (Å²) in [5.74, 6) is 0. The maximum atomic E-state index is 12.3. The number of rotatable bonds is 2. The number of hydrogen-bond acceptors (Lipinski definition) is 2. The highest BCUT2D eigenvalue weighted by Gasteiger charge is 2.13. The van der Waals surface area contributed by atoms with Gasteiger partial charge in [0.25, 0.3) is 5.56 Å². The number of nitrogens with zero attached hydrogens (tertiary/aromatic N) is 2. The molecule has 2 rings (SSSR count). The first-order valence-corrected chi connectivity index (χ1v) is 6.75. The summed E-state index contributed by atoms with van der Waals surface area (Å²) in [7, 11) is 0. The van der Waals surface area contributed by atoms with E-state index in [1.807, 2.05) is 19.1 Å². The van der Waals surface area contributed by atoms with Gasteiger partial charge in [0.15, 0.2) is 0 Å². The molecule has 0 aliphatic rings. The lowest BCUT2D eigenvalue weighted by atomic mass is 10.1. The first-order valence-electron chi connectivity index (χ1n) is 5.99. The number of hydrogen-bond donors (Lipinski definition) is 0. The lowest BCUT2D eigenvalue weighted by Gasteiger charge is -2.14. The Hall–Kier alpha value is -1.76. The predicted molar refractivity (Wildman–Crippen MR) is 80.5 cm³/mol. The third kappa shape index (κ3) is 2.58. The fourth-order valence-electron chi connectivity index (χ4n) is 2.10. The van der Waals surface area contributed by atoms with E-state index in [4.69, 9.17) is 28.5 Å². The first kappa shape index (κ1) is 14.6. The molecule has 0 N–H and O–H groups in total. The molecule has 1 aromatic carbocycles. The van der Waals surface area contributed by atoms with E-state index < -0.39 is 0 Å². The standard InChI is InChI=1S/C15H12Cl2N2O/c1-9-6-10(2)19(15(20)11(9)7-18)8-12-13(16)4-3-5-14(12)17/h3-6H,8H2,1-2H3. The fourth-order valence-corrected chi connectivity index (χ4v) is 2.62. The molecular formula is C15H12Cl2N2O. The van der Waals surface area contributed by atoms with Crippen molar-refractivity contribution >= 4 is 23.2 Å². The molecule has 0 spiro atoms. The highest BCUT2D eigenvalue weighted by molar-refractivity contribution is 6.35. The van der Waals surface area contributed by atoms with E-state index in [1.165, 1.54) is 4.57 Å². The molecule has 1 heterocycles. The van der Waals surface area contributed by atoms with Gasteiger partial charge in [0, 0.05) is 21.3 Å². The van der Waals surface area contributed by atoms with Crippen LogP contribution in [0, 0.1) is 25.2 Å². The van der Waals surface area contributed by atoms with Crippen LogP contribution in [0.1, 0.15) is 22.4 Å². The van der Waals surface area contributed by atoms with Crippen molar-refractivity contribution < 1.29 is 0 Å². The summed E-state index contributed by atoms with van der Waals surface area (Å²) < 4.78 is 1.51. The highest BCUT2D eigenvalue weighted by Crippen LogP contribution is 2.25. The summed E-state index contributed by atoms with van der Waals surface area (Å²) in [6.07, 6.45) is 0. The number of halogens is 2. The van der Waals surface area contributed by atoms with Crippen molar-refractivity contribution in [1.82, 2.24) is 4.57 Å². The van der Waals surface area contributed by atoms with E-state index in [0.717, 1.165) is 5.69 Å². The molecule has 2 aromatic rings. The van der Waals surface area contributed by atoms with Gasteiger partial charge in [0.2, 0.25) is 0 Å². The largest absolute Gasteiger partial charge is 0.307 e. The van der Waals surface area contributed by atoms with Crippen molar-refractivity contribution in [2.75, 3.05) is 0 Å². The summed E-state index contributed by atoms with van der Waals surface area (Å²) in [5.41, 5.74) is 1.95. The summed E-state index contributed by atoms with van der Waals surface area (Å²) in [6, 6.07) is 8.96. The minimum absolute atomic E-state index is 0.152. The van der Waals surface area contributed by atoms with Crippen molar-refractivity contribution in [2.24, 2.45) is 0 Å². The number of aryl methyl sites for hydroxylation is 2. The Morgan fingerprint density at radius 2 is 1.85 bits per heavy atom. The van der Waals surface area contributed by atoms with Crippen LogP contribution >= 0.6 is 23.2 Å². The maximum Gasteiger partial charge on any atom is 0.269 e. The van der Waals surface area contributed by atoms with Crippen LogP contribution < -0.4 is 5.56 Å². The second-order valence-electron chi connectivity index (χ2n) is 4.55. The van der Waals surface area contributed by atoms with E-state index >= 15 is 0 Å². The minimum atomic E-state index is -0.319. The van der Waals surface area contributed by atoms with Gasteiger partial charge in [-0.3, -0.25) is 4.79 Å². The number of benzene rings is 1. The average molecular weight is 307 g/mol. The van der Waals surface area contributed by atoms with E-state index in [9.17, 15) is 4.79 Å². The number of pyridine rings is 1. The van der Waals surface area contributed by atoms with Crippen LogP contribution in [-0.4, -0.2) is 4.57 Å². The molecule has 0 unspecified atom stereocenters. The third-order valence-electron chi connectivity index (χ3n) is 3.19. The number of aromatic nitrogens is 1. The zero-order valence-corrected chi connectivity index (χ0v) is 12.6. The van der Waals surface area contributed by atoms with E-state index in [2.05, 4.69) is 0 Å². The minimum Gasteiger partial charge on any atom is -0.307 e. The Balaban J connectivity index is 2.61. The van der Waals surface area contributed by atoms with Gasteiger partial charge in [-0.25, -0.2) is 0 Å². The summed E-state index contributed by atoms with van der Waals surface area (Å²) >= 11 is 12.2. The molecule has 0 bridgehead atoms. The zero-order chi connectivity index (χ0) is 14.9. The normalized spacial score (nSPS) is 10.3. The Kier molecular flexibility index (Phi) is 4.17. The molecule has 0 saturated heterocycles. The molecule has 0 aliphatic heterocycles. The molecule has 0 aliphatic carbocycles. The van der Waals surface area contributed by atoms with Crippen molar-refractivity contribution in [2.45, 2.75) is 20.4 Å². The Bertz CT molecular complexity index is 752. The van der Waals surface area contributed by atoms with Crippen molar-refractivity contribution in [3.63, 3.8) is 0 Å². The van der Waals surface area contributed by atoms with Gasteiger partial charge < -0.3 is 4.57 Å². The molecule has 0 fully saturated rings. The number of nitriles is 1. The van der Waals surface area contributed by atoms with Crippen LogP contribution in [0.25, 0.3) is 0 Å². The van der Waals surface area contributed by atoms with Crippen LogP contribution in [0.5, 0.6) is 0 Å². The summed E-state index contributed by atoms with van der Waals surface area (Å²) in [4.78, 5) is 12.3. The monoisotopic (exact) mass is 306 g/mol. The molecule has 0 radical (unpaired) electrons. The Labute approximate surface area is 127 Å². The molecule has 0 saturated carbocycles. The van der Waals surface area contributed by atoms with Gasteiger partial charge in [0.05, 0.1) is 6.54 Å². The predicted octanol–water partition coefficient (Wildman–Crippen LogP) is 3.69.